The molecule has 14 heavy (non-hydrogen) atoms. The minimum atomic E-state index is -0.647. The molecule has 0 radical (unpaired) electrons. The number of rotatable bonds is 3. The number of carbonyl (C=O) groups excluding carboxylic acids is 2. The molecule has 0 heterocycles. The molecule has 0 aliphatic heterocycles. The lowest BCUT2D eigenvalue weighted by atomic mass is 10.1. The van der Waals surface area contributed by atoms with Crippen molar-refractivity contribution < 1.29 is 14.0 Å². The van der Waals surface area contributed by atoms with Gasteiger partial charge in [0.2, 0.25) is 5.91 Å². The maximum absolute atomic E-state index is 13.0. The monoisotopic (exact) mass is 193 g/mol. The fourth-order valence-electron chi connectivity index (χ4n) is 0.995. The second-order valence-electron chi connectivity index (χ2n) is 2.60. The summed E-state index contributed by atoms with van der Waals surface area (Å²) in [6.07, 6.45) is 2.77. The van der Waals surface area contributed by atoms with Gasteiger partial charge in [0.1, 0.15) is 5.82 Å². The van der Waals surface area contributed by atoms with Gasteiger partial charge in [-0.3, -0.25) is 9.59 Å². The Bertz CT molecular complexity index is 399. The van der Waals surface area contributed by atoms with Crippen molar-refractivity contribution in [3.05, 3.63) is 41.2 Å². The van der Waals surface area contributed by atoms with Crippen molar-refractivity contribution in [2.45, 2.75) is 0 Å². The molecule has 1 aromatic carbocycles. The van der Waals surface area contributed by atoms with E-state index in [-0.39, 0.29) is 5.56 Å². The van der Waals surface area contributed by atoms with E-state index in [1.165, 1.54) is 24.3 Å². The van der Waals surface area contributed by atoms with Crippen molar-refractivity contribution in [2.24, 2.45) is 5.73 Å². The Labute approximate surface area is 80.0 Å². The Kier molecular flexibility index (Phi) is 3.12. The first-order valence-corrected chi connectivity index (χ1v) is 3.86. The van der Waals surface area contributed by atoms with Crippen LogP contribution in [0.4, 0.5) is 4.39 Å². The molecule has 1 aromatic rings. The summed E-state index contributed by atoms with van der Waals surface area (Å²) in [5.41, 5.74) is 5.12. The number of hydrogen-bond donors (Lipinski definition) is 1. The van der Waals surface area contributed by atoms with E-state index in [4.69, 9.17) is 5.73 Å². The van der Waals surface area contributed by atoms with E-state index in [1.54, 1.807) is 0 Å². The summed E-state index contributed by atoms with van der Waals surface area (Å²) in [4.78, 5) is 20.9. The van der Waals surface area contributed by atoms with Gasteiger partial charge in [0.05, 0.1) is 5.56 Å². The van der Waals surface area contributed by atoms with Crippen LogP contribution in [0, 0.1) is 5.82 Å². The summed E-state index contributed by atoms with van der Waals surface area (Å²) in [5.74, 6) is -1.27. The molecule has 1 rings (SSSR count). The third-order valence-electron chi connectivity index (χ3n) is 1.63. The molecular weight excluding hydrogens is 185 g/mol. The SMILES string of the molecule is NC(=O)C=Cc1cccc(F)c1C=O. The minimum Gasteiger partial charge on any atom is -0.366 e. The van der Waals surface area contributed by atoms with Crippen LogP contribution in [-0.2, 0) is 4.79 Å². The molecule has 0 atom stereocenters. The molecule has 0 unspecified atom stereocenters. The van der Waals surface area contributed by atoms with E-state index in [0.29, 0.717) is 11.8 Å². The molecule has 0 aliphatic rings. The molecule has 0 fully saturated rings. The predicted molar refractivity (Wildman–Crippen MR) is 50.0 cm³/mol. The lowest BCUT2D eigenvalue weighted by Crippen LogP contribution is -2.05. The van der Waals surface area contributed by atoms with E-state index in [2.05, 4.69) is 0 Å². The number of halogens is 1. The zero-order valence-electron chi connectivity index (χ0n) is 7.24. The molecule has 0 aliphatic carbocycles. The van der Waals surface area contributed by atoms with Crippen LogP contribution in [0.25, 0.3) is 6.08 Å². The molecule has 0 aromatic heterocycles. The van der Waals surface area contributed by atoms with Crippen LogP contribution < -0.4 is 5.73 Å². The zero-order valence-corrected chi connectivity index (χ0v) is 7.24. The number of benzene rings is 1. The van der Waals surface area contributed by atoms with E-state index >= 15 is 0 Å². The molecule has 2 N–H and O–H groups in total. The maximum Gasteiger partial charge on any atom is 0.241 e. The average molecular weight is 193 g/mol. The number of primary amides is 1. The molecule has 0 saturated heterocycles. The van der Waals surface area contributed by atoms with Crippen LogP contribution >= 0.6 is 0 Å². The van der Waals surface area contributed by atoms with Gasteiger partial charge in [-0.2, -0.15) is 0 Å². The van der Waals surface area contributed by atoms with E-state index in [1.807, 2.05) is 0 Å². The largest absolute Gasteiger partial charge is 0.366 e. The van der Waals surface area contributed by atoms with Gasteiger partial charge in [0.15, 0.2) is 6.29 Å². The first-order valence-electron chi connectivity index (χ1n) is 3.86. The highest BCUT2D eigenvalue weighted by Gasteiger charge is 2.04. The lowest BCUT2D eigenvalue weighted by Gasteiger charge is -1.98. The van der Waals surface area contributed by atoms with Gasteiger partial charge in [-0.1, -0.05) is 12.1 Å². The number of amides is 1. The van der Waals surface area contributed by atoms with Crippen molar-refractivity contribution in [3.63, 3.8) is 0 Å². The second-order valence-corrected chi connectivity index (χ2v) is 2.60. The van der Waals surface area contributed by atoms with Crippen molar-refractivity contribution in [1.82, 2.24) is 0 Å². The summed E-state index contributed by atoms with van der Waals surface area (Å²) in [7, 11) is 0. The van der Waals surface area contributed by atoms with Crippen molar-refractivity contribution in [1.29, 1.82) is 0 Å². The van der Waals surface area contributed by atoms with Crippen LogP contribution in [0.5, 0.6) is 0 Å². The molecule has 0 bridgehead atoms. The maximum atomic E-state index is 13.0. The van der Waals surface area contributed by atoms with E-state index in [0.717, 1.165) is 6.08 Å². The van der Waals surface area contributed by atoms with Crippen LogP contribution in [0.2, 0.25) is 0 Å². The topological polar surface area (TPSA) is 60.2 Å². The van der Waals surface area contributed by atoms with Gasteiger partial charge in [-0.15, -0.1) is 0 Å². The Balaban J connectivity index is 3.14. The fourth-order valence-corrected chi connectivity index (χ4v) is 0.995. The smallest absolute Gasteiger partial charge is 0.241 e. The molecule has 72 valence electrons. The lowest BCUT2D eigenvalue weighted by molar-refractivity contribution is -0.113. The molecule has 4 heteroatoms. The first-order chi connectivity index (χ1) is 6.65. The number of aldehydes is 1. The quantitative estimate of drug-likeness (QED) is 0.578. The fraction of sp³-hybridized carbons (Fsp3) is 0. The standard InChI is InChI=1S/C10H8FNO2/c11-9-3-1-2-7(8(9)6-13)4-5-10(12)14/h1-6H,(H2,12,14). The highest BCUT2D eigenvalue weighted by atomic mass is 19.1. The van der Waals surface area contributed by atoms with E-state index < -0.39 is 11.7 Å². The van der Waals surface area contributed by atoms with Crippen molar-refractivity contribution in [2.75, 3.05) is 0 Å². The number of hydrogen-bond acceptors (Lipinski definition) is 2. The minimum absolute atomic E-state index is 0.0787. The third-order valence-corrected chi connectivity index (χ3v) is 1.63. The van der Waals surface area contributed by atoms with Gasteiger partial charge in [-0.25, -0.2) is 4.39 Å². The molecule has 0 saturated carbocycles. The first kappa shape index (κ1) is 10.1. The summed E-state index contributed by atoms with van der Waals surface area (Å²) in [6, 6.07) is 4.14. The Morgan fingerprint density at radius 1 is 1.43 bits per heavy atom. The van der Waals surface area contributed by atoms with Crippen LogP contribution in [-0.4, -0.2) is 12.2 Å². The highest BCUT2D eigenvalue weighted by molar-refractivity contribution is 5.92. The second kappa shape index (κ2) is 4.32. The summed E-state index contributed by atoms with van der Waals surface area (Å²) < 4.78 is 13.0. The zero-order chi connectivity index (χ0) is 10.6. The molecule has 3 nitrogen and oxygen atoms in total. The highest BCUT2D eigenvalue weighted by Crippen LogP contribution is 2.12. The van der Waals surface area contributed by atoms with Crippen molar-refractivity contribution in [3.8, 4) is 0 Å². The molecule has 1 amide bonds. The van der Waals surface area contributed by atoms with Gasteiger partial charge < -0.3 is 5.73 Å². The molecule has 0 spiro atoms. The summed E-state index contributed by atoms with van der Waals surface area (Å²) in [5, 5.41) is 0. The van der Waals surface area contributed by atoms with Crippen LogP contribution in [0.15, 0.2) is 24.3 Å². The number of nitrogens with two attached hydrogens (primary N) is 1. The normalized spacial score (nSPS) is 10.4. The molecular formula is C10H8FNO2. The Morgan fingerprint density at radius 2 is 2.14 bits per heavy atom. The summed E-state index contributed by atoms with van der Waals surface area (Å²) in [6.45, 7) is 0. The Morgan fingerprint density at radius 3 is 2.71 bits per heavy atom. The van der Waals surface area contributed by atoms with Gasteiger partial charge in [-0.05, 0) is 17.7 Å². The van der Waals surface area contributed by atoms with Crippen LogP contribution in [0.1, 0.15) is 15.9 Å². The van der Waals surface area contributed by atoms with E-state index in [9.17, 15) is 14.0 Å². The van der Waals surface area contributed by atoms with Crippen molar-refractivity contribution >= 4 is 18.3 Å². The predicted octanol–water partition coefficient (Wildman–Crippen LogP) is 1.14. The Hall–Kier alpha value is -1.97. The average Bonchev–Trinajstić information content (AvgIpc) is 2.14. The van der Waals surface area contributed by atoms with Gasteiger partial charge >= 0.3 is 0 Å². The van der Waals surface area contributed by atoms with Crippen LogP contribution in [0.3, 0.4) is 0 Å². The van der Waals surface area contributed by atoms with Gasteiger partial charge in [0.25, 0.3) is 0 Å². The third kappa shape index (κ3) is 2.26. The number of carbonyl (C=O) groups is 2. The van der Waals surface area contributed by atoms with Gasteiger partial charge in [0, 0.05) is 6.08 Å². The summed E-state index contributed by atoms with van der Waals surface area (Å²) >= 11 is 0.